The third-order valence-corrected chi connectivity index (χ3v) is 5.72. The molecule has 1 aliphatic heterocycles. The molecule has 1 unspecified atom stereocenters. The van der Waals surface area contributed by atoms with Crippen molar-refractivity contribution >= 4 is 26.8 Å². The van der Waals surface area contributed by atoms with Crippen LogP contribution < -0.4 is 10.1 Å². The van der Waals surface area contributed by atoms with Crippen molar-refractivity contribution in [2.24, 2.45) is 0 Å². The number of halogens is 1. The standard InChI is InChI=1S/C20H21BrN2O/c1-11-12(2)18(24-3)7-5-14(11)19-20-15(8-9-22-19)16-10-13(21)4-6-17(16)23-20/h4-7,10,19,22-23H,8-9H2,1-3H3. The van der Waals surface area contributed by atoms with Gasteiger partial charge in [0.2, 0.25) is 0 Å². The molecule has 3 aromatic rings. The summed E-state index contributed by atoms with van der Waals surface area (Å²) < 4.78 is 6.59. The first kappa shape index (κ1) is 15.7. The molecular formula is C20H21BrN2O. The van der Waals surface area contributed by atoms with Gasteiger partial charge in [0.1, 0.15) is 5.75 Å². The van der Waals surface area contributed by atoms with Crippen LogP contribution in [0.5, 0.6) is 5.75 Å². The molecule has 0 fully saturated rings. The second-order valence-electron chi connectivity index (χ2n) is 6.45. The predicted molar refractivity (Wildman–Crippen MR) is 102 cm³/mol. The van der Waals surface area contributed by atoms with Crippen LogP contribution in [-0.4, -0.2) is 18.6 Å². The average molecular weight is 385 g/mol. The SMILES string of the molecule is COc1ccc(C2NCCc3c2[nH]c2ccc(Br)cc32)c(C)c1C. The number of hydrogen-bond donors (Lipinski definition) is 2. The van der Waals surface area contributed by atoms with Crippen LogP contribution in [0.2, 0.25) is 0 Å². The minimum Gasteiger partial charge on any atom is -0.496 e. The lowest BCUT2D eigenvalue weighted by atomic mass is 9.90. The topological polar surface area (TPSA) is 37.0 Å². The van der Waals surface area contributed by atoms with Crippen LogP contribution in [0.1, 0.15) is 34.0 Å². The zero-order valence-corrected chi connectivity index (χ0v) is 15.8. The highest BCUT2D eigenvalue weighted by Gasteiger charge is 2.27. The van der Waals surface area contributed by atoms with E-state index in [0.29, 0.717) is 0 Å². The third kappa shape index (κ3) is 2.36. The number of hydrogen-bond acceptors (Lipinski definition) is 2. The Morgan fingerprint density at radius 2 is 1.96 bits per heavy atom. The van der Waals surface area contributed by atoms with Crippen molar-refractivity contribution in [3.8, 4) is 5.75 Å². The van der Waals surface area contributed by atoms with Gasteiger partial charge in [-0.05, 0) is 66.8 Å². The average Bonchev–Trinajstić information content (AvgIpc) is 2.95. The largest absolute Gasteiger partial charge is 0.496 e. The summed E-state index contributed by atoms with van der Waals surface area (Å²) in [5, 5.41) is 5.02. The van der Waals surface area contributed by atoms with E-state index in [1.807, 2.05) is 0 Å². The van der Waals surface area contributed by atoms with Crippen molar-refractivity contribution in [2.45, 2.75) is 26.3 Å². The lowest BCUT2D eigenvalue weighted by Crippen LogP contribution is -2.31. The predicted octanol–water partition coefficient (Wildman–Crippen LogP) is 4.79. The lowest BCUT2D eigenvalue weighted by molar-refractivity contribution is 0.410. The second kappa shape index (κ2) is 5.94. The van der Waals surface area contributed by atoms with E-state index in [9.17, 15) is 0 Å². The third-order valence-electron chi connectivity index (χ3n) is 5.22. The van der Waals surface area contributed by atoms with E-state index in [0.717, 1.165) is 23.2 Å². The van der Waals surface area contributed by atoms with Gasteiger partial charge in [-0.1, -0.05) is 22.0 Å². The maximum atomic E-state index is 5.47. The number of nitrogens with one attached hydrogen (secondary N) is 2. The summed E-state index contributed by atoms with van der Waals surface area (Å²) in [7, 11) is 1.73. The number of H-pyrrole nitrogens is 1. The van der Waals surface area contributed by atoms with Gasteiger partial charge in [-0.2, -0.15) is 0 Å². The first-order chi connectivity index (χ1) is 11.6. The van der Waals surface area contributed by atoms with Crippen LogP contribution in [0.25, 0.3) is 10.9 Å². The molecular weight excluding hydrogens is 364 g/mol. The fourth-order valence-corrected chi connectivity index (χ4v) is 4.18. The number of benzene rings is 2. The number of aromatic nitrogens is 1. The summed E-state index contributed by atoms with van der Waals surface area (Å²) >= 11 is 3.60. The van der Waals surface area contributed by atoms with Gasteiger partial charge in [0.25, 0.3) is 0 Å². The minimum absolute atomic E-state index is 0.199. The molecule has 0 aliphatic carbocycles. The number of fused-ring (bicyclic) bond motifs is 3. The minimum atomic E-state index is 0.199. The smallest absolute Gasteiger partial charge is 0.122 e. The molecule has 0 amide bonds. The molecule has 1 aliphatic rings. The molecule has 2 aromatic carbocycles. The van der Waals surface area contributed by atoms with E-state index in [1.54, 1.807) is 7.11 Å². The zero-order chi connectivity index (χ0) is 16.8. The first-order valence-electron chi connectivity index (χ1n) is 8.27. The molecule has 4 rings (SSSR count). The normalized spacial score (nSPS) is 17.1. The van der Waals surface area contributed by atoms with Crippen LogP contribution in [0, 0.1) is 13.8 Å². The molecule has 1 aromatic heterocycles. The Bertz CT molecular complexity index is 929. The van der Waals surface area contributed by atoms with Crippen molar-refractivity contribution in [3.05, 3.63) is 62.8 Å². The van der Waals surface area contributed by atoms with E-state index in [4.69, 9.17) is 4.74 Å². The van der Waals surface area contributed by atoms with E-state index < -0.39 is 0 Å². The number of methoxy groups -OCH3 is 1. The van der Waals surface area contributed by atoms with Gasteiger partial charge in [0.05, 0.1) is 13.2 Å². The van der Waals surface area contributed by atoms with Gasteiger partial charge >= 0.3 is 0 Å². The Hall–Kier alpha value is -1.78. The van der Waals surface area contributed by atoms with Crippen LogP contribution in [0.15, 0.2) is 34.8 Å². The van der Waals surface area contributed by atoms with Crippen molar-refractivity contribution in [1.82, 2.24) is 10.3 Å². The van der Waals surface area contributed by atoms with Gasteiger partial charge in [0.15, 0.2) is 0 Å². The van der Waals surface area contributed by atoms with Crippen molar-refractivity contribution < 1.29 is 4.74 Å². The molecule has 3 nitrogen and oxygen atoms in total. The van der Waals surface area contributed by atoms with Gasteiger partial charge in [0, 0.05) is 27.6 Å². The fraction of sp³-hybridized carbons (Fsp3) is 0.300. The van der Waals surface area contributed by atoms with E-state index in [-0.39, 0.29) is 6.04 Å². The van der Waals surface area contributed by atoms with E-state index in [1.165, 1.54) is 38.9 Å². The fourth-order valence-electron chi connectivity index (χ4n) is 3.82. The lowest BCUT2D eigenvalue weighted by Gasteiger charge is -2.27. The molecule has 0 saturated carbocycles. The number of aromatic amines is 1. The quantitative estimate of drug-likeness (QED) is 0.666. The molecule has 2 heterocycles. The Balaban J connectivity index is 1.88. The summed E-state index contributed by atoms with van der Waals surface area (Å²) in [6.45, 7) is 5.30. The molecule has 4 heteroatoms. The van der Waals surface area contributed by atoms with Gasteiger partial charge < -0.3 is 15.0 Å². The molecule has 1 atom stereocenters. The van der Waals surface area contributed by atoms with Gasteiger partial charge in [-0.3, -0.25) is 0 Å². The van der Waals surface area contributed by atoms with Crippen LogP contribution in [-0.2, 0) is 6.42 Å². The first-order valence-corrected chi connectivity index (χ1v) is 9.07. The molecule has 2 N–H and O–H groups in total. The Morgan fingerprint density at radius 3 is 2.75 bits per heavy atom. The highest BCUT2D eigenvalue weighted by Crippen LogP contribution is 2.37. The number of ether oxygens (including phenoxy) is 1. The molecule has 0 radical (unpaired) electrons. The molecule has 0 spiro atoms. The van der Waals surface area contributed by atoms with Gasteiger partial charge in [-0.25, -0.2) is 0 Å². The molecule has 24 heavy (non-hydrogen) atoms. The Kier molecular flexibility index (Phi) is 3.89. The van der Waals surface area contributed by atoms with Gasteiger partial charge in [-0.15, -0.1) is 0 Å². The molecule has 0 saturated heterocycles. The van der Waals surface area contributed by atoms with Crippen molar-refractivity contribution in [3.63, 3.8) is 0 Å². The number of rotatable bonds is 2. The maximum Gasteiger partial charge on any atom is 0.122 e. The maximum absolute atomic E-state index is 5.47. The molecule has 124 valence electrons. The zero-order valence-electron chi connectivity index (χ0n) is 14.2. The highest BCUT2D eigenvalue weighted by atomic mass is 79.9. The van der Waals surface area contributed by atoms with Crippen LogP contribution in [0.4, 0.5) is 0 Å². The summed E-state index contributed by atoms with van der Waals surface area (Å²) in [6.07, 6.45) is 1.05. The van der Waals surface area contributed by atoms with Crippen LogP contribution >= 0.6 is 15.9 Å². The van der Waals surface area contributed by atoms with Crippen molar-refractivity contribution in [1.29, 1.82) is 0 Å². The Morgan fingerprint density at radius 1 is 1.12 bits per heavy atom. The van der Waals surface area contributed by atoms with E-state index >= 15 is 0 Å². The van der Waals surface area contributed by atoms with E-state index in [2.05, 4.69) is 70.4 Å². The van der Waals surface area contributed by atoms with Crippen molar-refractivity contribution in [2.75, 3.05) is 13.7 Å². The summed E-state index contributed by atoms with van der Waals surface area (Å²) in [5.74, 6) is 0.952. The summed E-state index contributed by atoms with van der Waals surface area (Å²) in [6, 6.07) is 10.9. The highest BCUT2D eigenvalue weighted by molar-refractivity contribution is 9.10. The Labute approximate surface area is 150 Å². The second-order valence-corrected chi connectivity index (χ2v) is 7.37. The molecule has 0 bridgehead atoms. The monoisotopic (exact) mass is 384 g/mol. The summed E-state index contributed by atoms with van der Waals surface area (Å²) in [5.41, 5.74) is 7.76. The van der Waals surface area contributed by atoms with Crippen LogP contribution in [0.3, 0.4) is 0 Å². The summed E-state index contributed by atoms with van der Waals surface area (Å²) in [4.78, 5) is 3.65.